The maximum atomic E-state index is 16.8. The molecule has 1 amide bonds. The third-order valence-electron chi connectivity index (χ3n) is 8.16. The zero-order valence-corrected chi connectivity index (χ0v) is 21.6. The van der Waals surface area contributed by atoms with Gasteiger partial charge in [0.1, 0.15) is 5.67 Å². The smallest absolute Gasteiger partial charge is 0.222 e. The van der Waals surface area contributed by atoms with Gasteiger partial charge >= 0.3 is 0 Å². The second-order valence-electron chi connectivity index (χ2n) is 10.7. The number of carbonyl (C=O) groups excluding carboxylic acids is 1. The average Bonchev–Trinajstić information content (AvgIpc) is 2.88. The molecule has 2 fully saturated rings. The van der Waals surface area contributed by atoms with Gasteiger partial charge in [-0.1, -0.05) is 62.4 Å². The van der Waals surface area contributed by atoms with Gasteiger partial charge in [-0.15, -0.1) is 0 Å². The molecule has 0 radical (unpaired) electrons. The first-order chi connectivity index (χ1) is 16.6. The normalized spacial score (nSPS) is 22.3. The lowest BCUT2D eigenvalue weighted by Crippen LogP contribution is -2.47. The molecule has 4 nitrogen and oxygen atoms in total. The number of methoxy groups -OCH3 is 1. The average molecular weight is 475 g/mol. The van der Waals surface area contributed by atoms with Gasteiger partial charge in [-0.2, -0.15) is 0 Å². The standard InChI is InChI=1S/C29H47FN2O2/c1-31-22-25(20-24-12-5-3-6-13-24)21-28(33)32-18-11-16-27(23-32)29(30,17-9-10-19-34-2)26-14-7-4-8-15-26/h4,7-8,14-15,24-25,27,31H,3,5-6,9-13,16-23H2,1-2H3/t25-,27-,29-/m1/s1. The Morgan fingerprint density at radius 3 is 2.62 bits per heavy atom. The fraction of sp³-hybridized carbons (Fsp3) is 0.759. The fourth-order valence-corrected chi connectivity index (χ4v) is 6.30. The number of benzene rings is 1. The van der Waals surface area contributed by atoms with E-state index in [9.17, 15) is 4.79 Å². The number of alkyl halides is 1. The summed E-state index contributed by atoms with van der Waals surface area (Å²) in [5, 5.41) is 3.31. The van der Waals surface area contributed by atoms with Crippen molar-refractivity contribution in [3.63, 3.8) is 0 Å². The molecule has 1 saturated heterocycles. The highest BCUT2D eigenvalue weighted by Gasteiger charge is 2.43. The predicted octanol–water partition coefficient (Wildman–Crippen LogP) is 6.10. The minimum Gasteiger partial charge on any atom is -0.385 e. The number of rotatable bonds is 13. The van der Waals surface area contributed by atoms with Gasteiger partial charge in [0, 0.05) is 39.1 Å². The molecule has 0 bridgehead atoms. The third kappa shape index (κ3) is 7.78. The van der Waals surface area contributed by atoms with Gasteiger partial charge in [0.2, 0.25) is 5.91 Å². The molecule has 0 aromatic heterocycles. The van der Waals surface area contributed by atoms with Crippen molar-refractivity contribution in [2.75, 3.05) is 40.4 Å². The van der Waals surface area contributed by atoms with Crippen molar-refractivity contribution in [3.05, 3.63) is 35.9 Å². The molecule has 3 rings (SSSR count). The molecule has 0 spiro atoms. The van der Waals surface area contributed by atoms with Crippen molar-refractivity contribution >= 4 is 5.91 Å². The summed E-state index contributed by atoms with van der Waals surface area (Å²) in [5.74, 6) is 1.20. The maximum Gasteiger partial charge on any atom is 0.222 e. The van der Waals surface area contributed by atoms with Crippen LogP contribution in [0.5, 0.6) is 0 Å². The van der Waals surface area contributed by atoms with E-state index in [1.807, 2.05) is 42.3 Å². The lowest BCUT2D eigenvalue weighted by molar-refractivity contribution is -0.135. The van der Waals surface area contributed by atoms with Crippen LogP contribution in [0.25, 0.3) is 0 Å². The molecule has 34 heavy (non-hydrogen) atoms. The molecule has 5 heteroatoms. The highest BCUT2D eigenvalue weighted by atomic mass is 19.1. The van der Waals surface area contributed by atoms with E-state index in [2.05, 4.69) is 5.32 Å². The summed E-state index contributed by atoms with van der Waals surface area (Å²) in [7, 11) is 3.68. The lowest BCUT2D eigenvalue weighted by Gasteiger charge is -2.41. The molecule has 1 aromatic carbocycles. The molecule has 2 aliphatic rings. The lowest BCUT2D eigenvalue weighted by atomic mass is 9.75. The van der Waals surface area contributed by atoms with Crippen LogP contribution in [0.2, 0.25) is 0 Å². The Labute approximate surface area is 207 Å². The van der Waals surface area contributed by atoms with E-state index in [0.29, 0.717) is 31.9 Å². The van der Waals surface area contributed by atoms with Crippen LogP contribution < -0.4 is 5.32 Å². The number of likely N-dealkylation sites (tertiary alicyclic amines) is 1. The molecule has 1 heterocycles. The van der Waals surface area contributed by atoms with E-state index in [1.54, 1.807) is 7.11 Å². The van der Waals surface area contributed by atoms with Gasteiger partial charge in [0.05, 0.1) is 0 Å². The van der Waals surface area contributed by atoms with Gasteiger partial charge in [-0.3, -0.25) is 4.79 Å². The number of nitrogens with one attached hydrogen (secondary N) is 1. The van der Waals surface area contributed by atoms with Crippen molar-refractivity contribution in [2.45, 2.75) is 82.7 Å². The highest BCUT2D eigenvalue weighted by Crippen LogP contribution is 2.43. The zero-order chi connectivity index (χ0) is 24.2. The van der Waals surface area contributed by atoms with Crippen molar-refractivity contribution in [2.24, 2.45) is 17.8 Å². The summed E-state index contributed by atoms with van der Waals surface area (Å²) < 4.78 is 22.0. The van der Waals surface area contributed by atoms with Crippen LogP contribution in [0.1, 0.15) is 82.6 Å². The van der Waals surface area contributed by atoms with Gasteiger partial charge < -0.3 is 15.0 Å². The van der Waals surface area contributed by atoms with Crippen LogP contribution in [0.3, 0.4) is 0 Å². The molecular weight excluding hydrogens is 427 g/mol. The van der Waals surface area contributed by atoms with Gasteiger partial charge in [0.25, 0.3) is 0 Å². The van der Waals surface area contributed by atoms with Crippen molar-refractivity contribution in [1.29, 1.82) is 0 Å². The molecule has 1 aliphatic carbocycles. The number of hydrogen-bond donors (Lipinski definition) is 1. The Morgan fingerprint density at radius 2 is 1.91 bits per heavy atom. The number of piperidine rings is 1. The van der Waals surface area contributed by atoms with E-state index < -0.39 is 5.67 Å². The predicted molar refractivity (Wildman–Crippen MR) is 137 cm³/mol. The van der Waals surface area contributed by atoms with Crippen LogP contribution in [0.4, 0.5) is 4.39 Å². The van der Waals surface area contributed by atoms with Gasteiger partial charge in [0.15, 0.2) is 0 Å². The van der Waals surface area contributed by atoms with Crippen LogP contribution >= 0.6 is 0 Å². The van der Waals surface area contributed by atoms with Crippen molar-refractivity contribution in [3.8, 4) is 0 Å². The quantitative estimate of drug-likeness (QED) is 0.351. The highest BCUT2D eigenvalue weighted by molar-refractivity contribution is 5.76. The Hall–Kier alpha value is -1.46. The molecule has 1 N–H and O–H groups in total. The van der Waals surface area contributed by atoms with Crippen molar-refractivity contribution in [1.82, 2.24) is 10.2 Å². The maximum absolute atomic E-state index is 16.8. The molecule has 1 aliphatic heterocycles. The first kappa shape index (κ1) is 27.1. The zero-order valence-electron chi connectivity index (χ0n) is 21.6. The summed E-state index contributed by atoms with van der Waals surface area (Å²) in [6, 6.07) is 9.64. The molecule has 192 valence electrons. The number of halogens is 1. The number of hydrogen-bond acceptors (Lipinski definition) is 3. The largest absolute Gasteiger partial charge is 0.385 e. The second kappa shape index (κ2) is 14.2. The number of amides is 1. The van der Waals surface area contributed by atoms with E-state index >= 15 is 4.39 Å². The van der Waals surface area contributed by atoms with Crippen molar-refractivity contribution < 1.29 is 13.9 Å². The van der Waals surface area contributed by atoms with Crippen LogP contribution in [-0.2, 0) is 15.2 Å². The molecular formula is C29H47FN2O2. The van der Waals surface area contributed by atoms with E-state index in [-0.39, 0.29) is 11.8 Å². The first-order valence-electron chi connectivity index (χ1n) is 13.7. The van der Waals surface area contributed by atoms with Gasteiger partial charge in [-0.05, 0) is 69.5 Å². The van der Waals surface area contributed by atoms with E-state index in [1.165, 1.54) is 32.1 Å². The summed E-state index contributed by atoms with van der Waals surface area (Å²) in [4.78, 5) is 15.4. The molecule has 0 unspecified atom stereocenters. The van der Waals surface area contributed by atoms with E-state index in [4.69, 9.17) is 4.74 Å². The second-order valence-corrected chi connectivity index (χ2v) is 10.7. The molecule has 3 atom stereocenters. The number of nitrogens with zero attached hydrogens (tertiary/aromatic N) is 1. The van der Waals surface area contributed by atoms with E-state index in [0.717, 1.165) is 56.7 Å². The third-order valence-corrected chi connectivity index (χ3v) is 8.16. The van der Waals surface area contributed by atoms with Crippen LogP contribution in [-0.4, -0.2) is 51.2 Å². The van der Waals surface area contributed by atoms with Gasteiger partial charge in [-0.25, -0.2) is 4.39 Å². The Balaban J connectivity index is 1.64. The number of unbranched alkanes of at least 4 members (excludes halogenated alkanes) is 1. The number of carbonyl (C=O) groups is 1. The minimum atomic E-state index is -1.40. The molecule has 1 saturated carbocycles. The summed E-state index contributed by atoms with van der Waals surface area (Å²) >= 11 is 0. The fourth-order valence-electron chi connectivity index (χ4n) is 6.30. The Kier molecular flexibility index (Phi) is 11.3. The van der Waals surface area contributed by atoms with Crippen LogP contribution in [0.15, 0.2) is 30.3 Å². The summed E-state index contributed by atoms with van der Waals surface area (Å²) in [6.45, 7) is 2.84. The topological polar surface area (TPSA) is 41.6 Å². The van der Waals surface area contributed by atoms with Crippen LogP contribution in [0, 0.1) is 17.8 Å². The minimum absolute atomic E-state index is 0.156. The molecule has 1 aromatic rings. The SMILES string of the molecule is CNC[C@@H](CC(=O)N1CCC[C@@H]([C@@](F)(CCCCOC)c2ccccc2)C1)CC1CCCCC1. The monoisotopic (exact) mass is 474 g/mol. The number of ether oxygens (including phenoxy) is 1. The summed E-state index contributed by atoms with van der Waals surface area (Å²) in [5.41, 5.74) is -0.641. The first-order valence-corrected chi connectivity index (χ1v) is 13.7. The summed E-state index contributed by atoms with van der Waals surface area (Å²) in [6.07, 6.45) is 12.2. The Morgan fingerprint density at radius 1 is 1.15 bits per heavy atom. The Bertz CT molecular complexity index is 709.